The summed E-state index contributed by atoms with van der Waals surface area (Å²) in [5.41, 5.74) is 3.11. The van der Waals surface area contributed by atoms with E-state index in [1.54, 1.807) is 13.3 Å². The third kappa shape index (κ3) is 6.58. The minimum Gasteiger partial charge on any atom is -0.496 e. The van der Waals surface area contributed by atoms with Crippen LogP contribution in [0, 0.1) is 11.3 Å². The van der Waals surface area contributed by atoms with E-state index in [2.05, 4.69) is 59.2 Å². The van der Waals surface area contributed by atoms with Crippen LogP contribution in [0.15, 0.2) is 36.7 Å². The van der Waals surface area contributed by atoms with Crippen molar-refractivity contribution >= 4 is 28.3 Å². The number of amides is 1. The Balaban J connectivity index is 1.26. The second kappa shape index (κ2) is 11.7. The second-order valence-electron chi connectivity index (χ2n) is 11.7. The zero-order valence-electron chi connectivity index (χ0n) is 23.6. The van der Waals surface area contributed by atoms with Gasteiger partial charge in [-0.2, -0.15) is 0 Å². The van der Waals surface area contributed by atoms with Gasteiger partial charge in [-0.1, -0.05) is 26.8 Å². The van der Waals surface area contributed by atoms with Gasteiger partial charge in [0.1, 0.15) is 17.1 Å². The summed E-state index contributed by atoms with van der Waals surface area (Å²) in [5, 5.41) is 4.41. The Hall–Kier alpha value is -3.46. The molecule has 0 radical (unpaired) electrons. The van der Waals surface area contributed by atoms with Crippen LogP contribution in [-0.4, -0.2) is 78.8 Å². The number of nitrogens with zero attached hydrogens (tertiary/aromatic N) is 5. The molecular formula is C30H40N6O3. The molecule has 4 heterocycles. The number of benzene rings is 1. The second-order valence-corrected chi connectivity index (χ2v) is 11.7. The highest BCUT2D eigenvalue weighted by Crippen LogP contribution is 2.31. The van der Waals surface area contributed by atoms with E-state index < -0.39 is 0 Å². The summed E-state index contributed by atoms with van der Waals surface area (Å²) < 4.78 is 11.2. The fraction of sp³-hybridized carbons (Fsp3) is 0.533. The van der Waals surface area contributed by atoms with Crippen molar-refractivity contribution in [3.05, 3.63) is 48.0 Å². The van der Waals surface area contributed by atoms with Crippen molar-refractivity contribution in [2.45, 2.75) is 40.0 Å². The number of hydrogen-bond acceptors (Lipinski definition) is 8. The number of nitrogens with one attached hydrogen (secondary N) is 1. The van der Waals surface area contributed by atoms with Gasteiger partial charge in [0, 0.05) is 80.2 Å². The van der Waals surface area contributed by atoms with Crippen molar-refractivity contribution in [1.82, 2.24) is 19.9 Å². The molecule has 2 saturated heterocycles. The summed E-state index contributed by atoms with van der Waals surface area (Å²) in [7, 11) is 1.70. The highest BCUT2D eigenvalue weighted by molar-refractivity contribution is 5.87. The quantitative estimate of drug-likeness (QED) is 0.485. The van der Waals surface area contributed by atoms with E-state index in [0.717, 1.165) is 72.0 Å². The average Bonchev–Trinajstić information content (AvgIpc) is 2.96. The van der Waals surface area contributed by atoms with E-state index in [-0.39, 0.29) is 17.2 Å². The Kier molecular flexibility index (Phi) is 8.16. The van der Waals surface area contributed by atoms with Gasteiger partial charge in [0.25, 0.3) is 0 Å². The Labute approximate surface area is 230 Å². The third-order valence-corrected chi connectivity index (χ3v) is 7.49. The number of morpholine rings is 1. The SMILES string of the molecule is COc1cc(N2CCC(C(=O)N3CCOCC3)CC2)ccc1Cc1ncc2ccnc(NCC(C)(C)C)c2n1. The molecule has 5 rings (SSSR count). The van der Waals surface area contributed by atoms with E-state index in [1.165, 1.54) is 0 Å². The van der Waals surface area contributed by atoms with Crippen LogP contribution in [0.2, 0.25) is 0 Å². The number of pyridine rings is 1. The zero-order chi connectivity index (χ0) is 27.4. The molecule has 2 aliphatic rings. The fourth-order valence-electron chi connectivity index (χ4n) is 5.23. The number of rotatable bonds is 7. The summed E-state index contributed by atoms with van der Waals surface area (Å²) >= 11 is 0. The monoisotopic (exact) mass is 532 g/mol. The van der Waals surface area contributed by atoms with Crippen LogP contribution in [0.5, 0.6) is 5.75 Å². The molecule has 0 unspecified atom stereocenters. The molecule has 9 heteroatoms. The largest absolute Gasteiger partial charge is 0.496 e. The van der Waals surface area contributed by atoms with Crippen molar-refractivity contribution in [3.8, 4) is 5.75 Å². The molecule has 2 aliphatic heterocycles. The highest BCUT2D eigenvalue weighted by atomic mass is 16.5. The number of carbonyl (C=O) groups excluding carboxylic acids is 1. The molecule has 0 aliphatic carbocycles. The molecule has 1 aromatic carbocycles. The van der Waals surface area contributed by atoms with Gasteiger partial charge >= 0.3 is 0 Å². The van der Waals surface area contributed by atoms with Crippen LogP contribution in [-0.2, 0) is 16.0 Å². The highest BCUT2D eigenvalue weighted by Gasteiger charge is 2.29. The first kappa shape index (κ1) is 27.1. The van der Waals surface area contributed by atoms with Crippen LogP contribution in [0.3, 0.4) is 0 Å². The lowest BCUT2D eigenvalue weighted by Gasteiger charge is -2.36. The van der Waals surface area contributed by atoms with Gasteiger partial charge in [0.15, 0.2) is 5.82 Å². The van der Waals surface area contributed by atoms with E-state index in [4.69, 9.17) is 14.5 Å². The van der Waals surface area contributed by atoms with Crippen molar-refractivity contribution in [1.29, 1.82) is 0 Å². The maximum Gasteiger partial charge on any atom is 0.225 e. The van der Waals surface area contributed by atoms with E-state index in [9.17, 15) is 4.79 Å². The number of fused-ring (bicyclic) bond motifs is 1. The summed E-state index contributed by atoms with van der Waals surface area (Å²) in [6.45, 7) is 11.8. The lowest BCUT2D eigenvalue weighted by molar-refractivity contribution is -0.140. The van der Waals surface area contributed by atoms with Crippen molar-refractivity contribution in [2.75, 3.05) is 63.3 Å². The first-order valence-corrected chi connectivity index (χ1v) is 13.9. The molecule has 3 aromatic rings. The number of anilines is 2. The fourth-order valence-corrected chi connectivity index (χ4v) is 5.23. The van der Waals surface area contributed by atoms with Gasteiger partial charge in [0.2, 0.25) is 5.91 Å². The minimum absolute atomic E-state index is 0.0999. The van der Waals surface area contributed by atoms with Crippen LogP contribution < -0.4 is 15.0 Å². The van der Waals surface area contributed by atoms with Crippen molar-refractivity contribution in [3.63, 3.8) is 0 Å². The van der Waals surface area contributed by atoms with Crippen molar-refractivity contribution < 1.29 is 14.3 Å². The lowest BCUT2D eigenvalue weighted by atomic mass is 9.94. The van der Waals surface area contributed by atoms with Gasteiger partial charge in [-0.05, 0) is 30.4 Å². The Morgan fingerprint density at radius 1 is 1.10 bits per heavy atom. The Morgan fingerprint density at radius 3 is 2.59 bits per heavy atom. The molecule has 2 aromatic heterocycles. The molecular weight excluding hydrogens is 492 g/mol. The van der Waals surface area contributed by atoms with Gasteiger partial charge in [-0.25, -0.2) is 15.0 Å². The van der Waals surface area contributed by atoms with Crippen molar-refractivity contribution in [2.24, 2.45) is 11.3 Å². The average molecular weight is 533 g/mol. The molecule has 9 nitrogen and oxygen atoms in total. The molecule has 0 atom stereocenters. The Bertz CT molecular complexity index is 1290. The van der Waals surface area contributed by atoms with E-state index >= 15 is 0 Å². The summed E-state index contributed by atoms with van der Waals surface area (Å²) in [6, 6.07) is 8.28. The number of aromatic nitrogens is 3. The standard InChI is InChI=1S/C30H40N6O3/c1-30(2,3)20-33-28-27-23(7-10-31-28)19-32-26(34-27)17-22-5-6-24(18-25(22)38-4)35-11-8-21(9-12-35)29(37)36-13-15-39-16-14-36/h5-7,10,18-19,21H,8-9,11-17,20H2,1-4H3,(H,31,33). The van der Waals surface area contributed by atoms with Gasteiger partial charge in [-0.15, -0.1) is 0 Å². The maximum absolute atomic E-state index is 12.9. The first-order chi connectivity index (χ1) is 18.8. The number of carbonyl (C=O) groups is 1. The summed E-state index contributed by atoms with van der Waals surface area (Å²) in [5.74, 6) is 2.71. The smallest absolute Gasteiger partial charge is 0.225 e. The molecule has 0 spiro atoms. The zero-order valence-corrected chi connectivity index (χ0v) is 23.6. The minimum atomic E-state index is 0.0999. The Morgan fingerprint density at radius 2 is 1.87 bits per heavy atom. The van der Waals surface area contributed by atoms with Crippen LogP contribution in [0.1, 0.15) is 45.0 Å². The van der Waals surface area contributed by atoms with Gasteiger partial charge < -0.3 is 24.6 Å². The summed E-state index contributed by atoms with van der Waals surface area (Å²) in [4.78, 5) is 31.3. The van der Waals surface area contributed by atoms with Crippen LogP contribution >= 0.6 is 0 Å². The molecule has 0 bridgehead atoms. The number of hydrogen-bond donors (Lipinski definition) is 1. The van der Waals surface area contributed by atoms with Gasteiger partial charge in [0.05, 0.1) is 20.3 Å². The topological polar surface area (TPSA) is 92.7 Å². The summed E-state index contributed by atoms with van der Waals surface area (Å²) in [6.07, 6.45) is 5.95. The molecule has 1 N–H and O–H groups in total. The molecule has 1 amide bonds. The predicted molar refractivity (Wildman–Crippen MR) is 153 cm³/mol. The van der Waals surface area contributed by atoms with E-state index in [0.29, 0.717) is 32.7 Å². The number of piperidine rings is 1. The molecule has 0 saturated carbocycles. The van der Waals surface area contributed by atoms with E-state index in [1.807, 2.05) is 17.2 Å². The normalized spacial score (nSPS) is 16.9. The van der Waals surface area contributed by atoms with Crippen LogP contribution in [0.25, 0.3) is 10.9 Å². The number of methoxy groups -OCH3 is 1. The molecule has 39 heavy (non-hydrogen) atoms. The predicted octanol–water partition coefficient (Wildman–Crippen LogP) is 4.16. The third-order valence-electron chi connectivity index (χ3n) is 7.49. The van der Waals surface area contributed by atoms with Gasteiger partial charge in [-0.3, -0.25) is 4.79 Å². The first-order valence-electron chi connectivity index (χ1n) is 13.9. The number of ether oxygens (including phenoxy) is 2. The van der Waals surface area contributed by atoms with Crippen LogP contribution in [0.4, 0.5) is 11.5 Å². The molecule has 208 valence electrons. The maximum atomic E-state index is 12.9. The molecule has 2 fully saturated rings. The lowest BCUT2D eigenvalue weighted by Crippen LogP contribution is -2.46.